The van der Waals surface area contributed by atoms with Gasteiger partial charge in [-0.05, 0) is 32.0 Å². The van der Waals surface area contributed by atoms with Gasteiger partial charge in [0.15, 0.2) is 9.84 Å². The molecule has 0 saturated heterocycles. The highest BCUT2D eigenvalue weighted by Crippen LogP contribution is 2.23. The van der Waals surface area contributed by atoms with Crippen molar-refractivity contribution in [2.24, 2.45) is 0 Å². The van der Waals surface area contributed by atoms with Gasteiger partial charge in [0.05, 0.1) is 10.6 Å². The third-order valence-corrected chi connectivity index (χ3v) is 4.44. The summed E-state index contributed by atoms with van der Waals surface area (Å²) in [4.78, 5) is 3.85. The normalized spacial score (nSPS) is 12.0. The Balaban J connectivity index is 2.38. The van der Waals surface area contributed by atoms with Crippen LogP contribution in [0.4, 0.5) is 10.1 Å². The number of aromatic nitrogens is 3. The van der Waals surface area contributed by atoms with Crippen LogP contribution in [0.3, 0.4) is 0 Å². The molecule has 2 aromatic rings. The zero-order valence-electron chi connectivity index (χ0n) is 11.1. The van der Waals surface area contributed by atoms with Crippen molar-refractivity contribution in [3.05, 3.63) is 36.2 Å². The summed E-state index contributed by atoms with van der Waals surface area (Å²) in [7, 11) is -3.70. The molecule has 1 heterocycles. The second-order valence-electron chi connectivity index (χ2n) is 4.66. The summed E-state index contributed by atoms with van der Waals surface area (Å²) in [6, 6.07) is 3.21. The molecule has 0 spiro atoms. The third kappa shape index (κ3) is 2.79. The Kier molecular flexibility index (Phi) is 3.76. The van der Waals surface area contributed by atoms with Gasteiger partial charge in [-0.25, -0.2) is 22.5 Å². The van der Waals surface area contributed by atoms with Crippen molar-refractivity contribution in [2.45, 2.75) is 30.5 Å². The first-order chi connectivity index (χ1) is 9.31. The Morgan fingerprint density at radius 1 is 1.40 bits per heavy atom. The van der Waals surface area contributed by atoms with Gasteiger partial charge in [0.2, 0.25) is 0 Å². The van der Waals surface area contributed by atoms with Crippen LogP contribution in [-0.2, 0) is 15.6 Å². The summed E-state index contributed by atoms with van der Waals surface area (Å²) in [6.07, 6.45) is 1.30. The number of nitrogens with two attached hydrogens (primary N) is 1. The van der Waals surface area contributed by atoms with E-state index >= 15 is 0 Å². The fourth-order valence-corrected chi connectivity index (χ4v) is 3.25. The molecule has 1 aromatic carbocycles. The van der Waals surface area contributed by atoms with Crippen molar-refractivity contribution in [3.63, 3.8) is 0 Å². The molecule has 0 amide bonds. The fourth-order valence-electron chi connectivity index (χ4n) is 1.86. The molecule has 20 heavy (non-hydrogen) atoms. The lowest BCUT2D eigenvalue weighted by atomic mass is 10.3. The van der Waals surface area contributed by atoms with E-state index in [0.717, 1.165) is 18.2 Å². The molecule has 0 aliphatic carbocycles. The number of hydrogen-bond donors (Lipinski definition) is 1. The zero-order valence-corrected chi connectivity index (χ0v) is 11.9. The highest BCUT2D eigenvalue weighted by molar-refractivity contribution is 7.90. The monoisotopic (exact) mass is 298 g/mol. The maximum atomic E-state index is 13.0. The largest absolute Gasteiger partial charge is 0.398 e. The van der Waals surface area contributed by atoms with Crippen molar-refractivity contribution >= 4 is 15.5 Å². The summed E-state index contributed by atoms with van der Waals surface area (Å²) < 4.78 is 39.2. The predicted octanol–water partition coefficient (Wildman–Crippen LogP) is 1.55. The minimum atomic E-state index is -3.70. The predicted molar refractivity (Wildman–Crippen MR) is 72.1 cm³/mol. The first-order valence-corrected chi connectivity index (χ1v) is 7.62. The Labute approximate surface area is 116 Å². The lowest BCUT2D eigenvalue weighted by Gasteiger charge is -2.11. The number of nitrogens with zero attached hydrogens (tertiary/aromatic N) is 3. The van der Waals surface area contributed by atoms with E-state index in [0.29, 0.717) is 5.82 Å². The number of sulfone groups is 1. The van der Waals surface area contributed by atoms with E-state index in [-0.39, 0.29) is 22.4 Å². The van der Waals surface area contributed by atoms with E-state index in [1.54, 1.807) is 0 Å². The van der Waals surface area contributed by atoms with Crippen molar-refractivity contribution in [1.82, 2.24) is 14.8 Å². The van der Waals surface area contributed by atoms with Gasteiger partial charge in [-0.15, -0.1) is 0 Å². The summed E-state index contributed by atoms with van der Waals surface area (Å²) >= 11 is 0. The molecule has 108 valence electrons. The fraction of sp³-hybridized carbons (Fsp3) is 0.333. The Morgan fingerprint density at radius 2 is 2.10 bits per heavy atom. The molecule has 0 atom stereocenters. The number of hydrogen-bond acceptors (Lipinski definition) is 5. The number of halogens is 1. The molecule has 0 aliphatic heterocycles. The smallest absolute Gasteiger partial charge is 0.187 e. The molecular weight excluding hydrogens is 283 g/mol. The summed E-state index contributed by atoms with van der Waals surface area (Å²) in [5.41, 5.74) is 5.46. The van der Waals surface area contributed by atoms with Gasteiger partial charge < -0.3 is 5.73 Å². The van der Waals surface area contributed by atoms with Crippen molar-refractivity contribution in [2.75, 3.05) is 5.73 Å². The highest BCUT2D eigenvalue weighted by atomic mass is 32.2. The number of nitrogen functional groups attached to an aromatic ring is 1. The van der Waals surface area contributed by atoms with Gasteiger partial charge >= 0.3 is 0 Å². The number of benzene rings is 1. The van der Waals surface area contributed by atoms with E-state index in [9.17, 15) is 12.8 Å². The van der Waals surface area contributed by atoms with Gasteiger partial charge in [-0.1, -0.05) is 0 Å². The lowest BCUT2D eigenvalue weighted by molar-refractivity contribution is 0.510. The van der Waals surface area contributed by atoms with Gasteiger partial charge in [-0.2, -0.15) is 5.10 Å². The van der Waals surface area contributed by atoms with Crippen molar-refractivity contribution in [3.8, 4) is 0 Å². The molecule has 0 bridgehead atoms. The zero-order chi connectivity index (χ0) is 14.9. The van der Waals surface area contributed by atoms with E-state index < -0.39 is 15.7 Å². The first kappa shape index (κ1) is 14.4. The number of rotatable bonds is 4. The van der Waals surface area contributed by atoms with Crippen LogP contribution in [0.5, 0.6) is 0 Å². The van der Waals surface area contributed by atoms with Crippen molar-refractivity contribution in [1.29, 1.82) is 0 Å². The molecule has 0 unspecified atom stereocenters. The first-order valence-electron chi connectivity index (χ1n) is 5.97. The second kappa shape index (κ2) is 5.20. The van der Waals surface area contributed by atoms with E-state index in [1.165, 1.54) is 11.0 Å². The minimum absolute atomic E-state index is 0.00624. The van der Waals surface area contributed by atoms with Crippen LogP contribution in [-0.4, -0.2) is 23.2 Å². The maximum absolute atomic E-state index is 13.0. The molecule has 0 radical (unpaired) electrons. The molecule has 2 rings (SSSR count). The SMILES string of the molecule is CC(C)n1ncnc1CS(=O)(=O)c1ccc(F)cc1N. The van der Waals surface area contributed by atoms with E-state index in [4.69, 9.17) is 5.73 Å². The number of anilines is 1. The van der Waals surface area contributed by atoms with Gasteiger partial charge in [0.1, 0.15) is 23.7 Å². The summed E-state index contributed by atoms with van der Waals surface area (Å²) in [6.45, 7) is 3.74. The molecule has 6 nitrogen and oxygen atoms in total. The van der Waals surface area contributed by atoms with E-state index in [1.807, 2.05) is 13.8 Å². The molecule has 8 heteroatoms. The lowest BCUT2D eigenvalue weighted by Crippen LogP contribution is -2.14. The summed E-state index contributed by atoms with van der Waals surface area (Å²) in [5, 5.41) is 3.98. The minimum Gasteiger partial charge on any atom is -0.398 e. The van der Waals surface area contributed by atoms with Gasteiger partial charge in [-0.3, -0.25) is 0 Å². The highest BCUT2D eigenvalue weighted by Gasteiger charge is 2.22. The maximum Gasteiger partial charge on any atom is 0.187 e. The molecule has 0 saturated carbocycles. The average molecular weight is 298 g/mol. The van der Waals surface area contributed by atoms with Crippen LogP contribution in [0.25, 0.3) is 0 Å². The van der Waals surface area contributed by atoms with Crippen LogP contribution in [0.2, 0.25) is 0 Å². The average Bonchev–Trinajstić information content (AvgIpc) is 2.75. The van der Waals surface area contributed by atoms with Gasteiger partial charge in [0.25, 0.3) is 0 Å². The third-order valence-electron chi connectivity index (χ3n) is 2.76. The molecule has 1 aromatic heterocycles. The standard InChI is InChI=1S/C12H15FN4O2S/c1-8(2)17-12(15-7-16-17)6-20(18,19)11-4-3-9(13)5-10(11)14/h3-5,7-8H,6,14H2,1-2H3. The molecule has 0 aliphatic rings. The summed E-state index contributed by atoms with van der Waals surface area (Å²) in [5.74, 6) is -0.586. The van der Waals surface area contributed by atoms with E-state index in [2.05, 4.69) is 10.1 Å². The molecule has 2 N–H and O–H groups in total. The van der Waals surface area contributed by atoms with Crippen LogP contribution < -0.4 is 5.73 Å². The Morgan fingerprint density at radius 3 is 2.70 bits per heavy atom. The van der Waals surface area contributed by atoms with Crippen LogP contribution in [0.15, 0.2) is 29.4 Å². The van der Waals surface area contributed by atoms with Gasteiger partial charge in [0, 0.05) is 6.04 Å². The second-order valence-corrected chi connectivity index (χ2v) is 6.61. The van der Waals surface area contributed by atoms with Crippen molar-refractivity contribution < 1.29 is 12.8 Å². The van der Waals surface area contributed by atoms with Crippen LogP contribution in [0.1, 0.15) is 25.7 Å². The van der Waals surface area contributed by atoms with Crippen LogP contribution >= 0.6 is 0 Å². The molecular formula is C12H15FN4O2S. The topological polar surface area (TPSA) is 90.9 Å². The molecule has 0 fully saturated rings. The quantitative estimate of drug-likeness (QED) is 0.683. The Hall–Kier alpha value is -1.96. The van der Waals surface area contributed by atoms with Crippen LogP contribution in [0, 0.1) is 5.82 Å². The Bertz CT molecular complexity index is 725.